The van der Waals surface area contributed by atoms with Crippen LogP contribution >= 0.6 is 11.6 Å². The summed E-state index contributed by atoms with van der Waals surface area (Å²) in [6.07, 6.45) is 1.74. The minimum absolute atomic E-state index is 0.1000. The molecule has 0 spiro atoms. The van der Waals surface area contributed by atoms with E-state index in [1.165, 1.54) is 0 Å². The Morgan fingerprint density at radius 2 is 2.00 bits per heavy atom. The Balaban J connectivity index is 2.13. The van der Waals surface area contributed by atoms with Gasteiger partial charge in [0.1, 0.15) is 0 Å². The summed E-state index contributed by atoms with van der Waals surface area (Å²) in [5.74, 6) is -0.240. The van der Waals surface area contributed by atoms with Crippen LogP contribution in [0, 0.1) is 0 Å². The largest absolute Gasteiger partial charge is 0.325 e. The number of para-hydroxylation sites is 1. The number of carbonyl (C=O) groups excluding carboxylic acids is 2. The topological polar surface area (TPSA) is 71.1 Å². The fourth-order valence-electron chi connectivity index (χ4n) is 1.63. The molecule has 0 aliphatic carbocycles. The molecule has 0 unspecified atom stereocenters. The van der Waals surface area contributed by atoms with Crippen molar-refractivity contribution < 1.29 is 9.59 Å². The van der Waals surface area contributed by atoms with Gasteiger partial charge < -0.3 is 5.32 Å². The average molecular weight is 278 g/mol. The summed E-state index contributed by atoms with van der Waals surface area (Å²) in [7, 11) is 0. The molecule has 1 aromatic carbocycles. The van der Waals surface area contributed by atoms with E-state index in [4.69, 9.17) is 11.6 Å². The van der Waals surface area contributed by atoms with Gasteiger partial charge in [0.05, 0.1) is 11.2 Å². The Kier molecular flexibility index (Phi) is 4.30. The minimum atomic E-state index is -0.590. The van der Waals surface area contributed by atoms with Crippen LogP contribution in [-0.4, -0.2) is 22.8 Å². The molecule has 0 saturated carbocycles. The normalized spacial score (nSPS) is 10.2. The maximum atomic E-state index is 11.6. The average Bonchev–Trinajstić information content (AvgIpc) is 2.39. The molecular formula is C13H12ClN3O2. The summed E-state index contributed by atoms with van der Waals surface area (Å²) in [6.45, 7) is 0. The number of fused-ring (bicyclic) bond motifs is 1. The summed E-state index contributed by atoms with van der Waals surface area (Å²) in [4.78, 5) is 27.1. The number of urea groups is 1. The molecule has 2 aromatic rings. The van der Waals surface area contributed by atoms with Crippen LogP contribution < -0.4 is 10.6 Å². The number of halogens is 1. The van der Waals surface area contributed by atoms with Crippen LogP contribution in [0.1, 0.15) is 6.42 Å². The number of carbonyl (C=O) groups is 2. The van der Waals surface area contributed by atoms with E-state index >= 15 is 0 Å². The smallest absolute Gasteiger partial charge is 0.306 e. The molecule has 0 atom stereocenters. The Labute approximate surface area is 115 Å². The summed E-state index contributed by atoms with van der Waals surface area (Å²) >= 11 is 5.42. The Morgan fingerprint density at radius 3 is 2.79 bits per heavy atom. The Bertz CT molecular complexity index is 610. The van der Waals surface area contributed by atoms with Gasteiger partial charge in [-0.25, -0.2) is 4.79 Å². The predicted octanol–water partition coefficient (Wildman–Crippen LogP) is 2.51. The lowest BCUT2D eigenvalue weighted by Crippen LogP contribution is -2.34. The van der Waals surface area contributed by atoms with E-state index in [1.807, 2.05) is 18.2 Å². The number of benzene rings is 1. The number of anilines is 1. The molecule has 1 aromatic heterocycles. The lowest BCUT2D eigenvalue weighted by Gasteiger charge is -2.08. The Hall–Kier alpha value is -2.14. The summed E-state index contributed by atoms with van der Waals surface area (Å²) in [5, 5.41) is 5.70. The van der Waals surface area contributed by atoms with E-state index in [9.17, 15) is 9.59 Å². The summed E-state index contributed by atoms with van der Waals surface area (Å²) in [6, 6.07) is 8.54. The number of alkyl halides is 1. The lowest BCUT2D eigenvalue weighted by atomic mass is 10.2. The fraction of sp³-hybridized carbons (Fsp3) is 0.154. The van der Waals surface area contributed by atoms with Gasteiger partial charge in [0, 0.05) is 23.9 Å². The number of amides is 3. The zero-order valence-corrected chi connectivity index (χ0v) is 10.8. The van der Waals surface area contributed by atoms with Gasteiger partial charge in [0.25, 0.3) is 0 Å². The molecule has 1 heterocycles. The molecular weight excluding hydrogens is 266 g/mol. The number of imide groups is 1. The lowest BCUT2D eigenvalue weighted by molar-refractivity contribution is -0.119. The zero-order valence-electron chi connectivity index (χ0n) is 10.0. The summed E-state index contributed by atoms with van der Waals surface area (Å²) < 4.78 is 0. The van der Waals surface area contributed by atoms with Gasteiger partial charge in [-0.05, 0) is 12.1 Å². The zero-order chi connectivity index (χ0) is 13.7. The van der Waals surface area contributed by atoms with Crippen LogP contribution in [0.15, 0.2) is 36.5 Å². The molecule has 0 fully saturated rings. The number of nitrogens with one attached hydrogen (secondary N) is 2. The Morgan fingerprint density at radius 1 is 1.21 bits per heavy atom. The highest BCUT2D eigenvalue weighted by Crippen LogP contribution is 2.20. The maximum Gasteiger partial charge on any atom is 0.325 e. The quantitative estimate of drug-likeness (QED) is 0.847. The third-order valence-electron chi connectivity index (χ3n) is 2.46. The van der Waals surface area contributed by atoms with Crippen molar-refractivity contribution in [1.82, 2.24) is 10.3 Å². The molecule has 6 heteroatoms. The molecule has 98 valence electrons. The van der Waals surface area contributed by atoms with E-state index in [1.54, 1.807) is 18.3 Å². The van der Waals surface area contributed by atoms with Crippen molar-refractivity contribution in [3.8, 4) is 0 Å². The van der Waals surface area contributed by atoms with E-state index < -0.39 is 11.9 Å². The molecule has 2 N–H and O–H groups in total. The number of nitrogens with zero attached hydrogens (tertiary/aromatic N) is 1. The van der Waals surface area contributed by atoms with Gasteiger partial charge in [-0.2, -0.15) is 0 Å². The van der Waals surface area contributed by atoms with Crippen molar-refractivity contribution in [3.63, 3.8) is 0 Å². The van der Waals surface area contributed by atoms with Crippen molar-refractivity contribution in [2.45, 2.75) is 6.42 Å². The molecule has 5 nitrogen and oxygen atoms in total. The van der Waals surface area contributed by atoms with Crippen LogP contribution in [0.5, 0.6) is 0 Å². The highest BCUT2D eigenvalue weighted by atomic mass is 35.5. The highest BCUT2D eigenvalue weighted by Gasteiger charge is 2.09. The number of hydrogen-bond donors (Lipinski definition) is 2. The molecule has 0 aliphatic rings. The van der Waals surface area contributed by atoms with Gasteiger partial charge >= 0.3 is 6.03 Å². The van der Waals surface area contributed by atoms with E-state index in [0.717, 1.165) is 5.39 Å². The van der Waals surface area contributed by atoms with E-state index in [-0.39, 0.29) is 12.3 Å². The number of rotatable bonds is 3. The van der Waals surface area contributed by atoms with Gasteiger partial charge in [0.15, 0.2) is 0 Å². The second kappa shape index (κ2) is 6.15. The first kappa shape index (κ1) is 13.3. The van der Waals surface area contributed by atoms with Crippen LogP contribution in [0.4, 0.5) is 10.5 Å². The maximum absolute atomic E-state index is 11.6. The first-order valence-corrected chi connectivity index (χ1v) is 6.24. The van der Waals surface area contributed by atoms with Crippen molar-refractivity contribution >= 4 is 40.1 Å². The second-order valence-corrected chi connectivity index (χ2v) is 4.20. The number of aromatic nitrogens is 1. The van der Waals surface area contributed by atoms with Crippen LogP contribution in [0.3, 0.4) is 0 Å². The van der Waals surface area contributed by atoms with Crippen molar-refractivity contribution in [1.29, 1.82) is 0 Å². The minimum Gasteiger partial charge on any atom is -0.306 e. The molecule has 2 rings (SSSR count). The monoisotopic (exact) mass is 277 g/mol. The highest BCUT2D eigenvalue weighted by molar-refractivity contribution is 6.19. The first-order chi connectivity index (χ1) is 9.20. The number of pyridine rings is 1. The molecule has 0 saturated heterocycles. The van der Waals surface area contributed by atoms with Gasteiger partial charge in [-0.3, -0.25) is 15.1 Å². The third kappa shape index (κ3) is 3.42. The van der Waals surface area contributed by atoms with Gasteiger partial charge in [0.2, 0.25) is 5.91 Å². The first-order valence-electron chi connectivity index (χ1n) is 5.71. The second-order valence-electron chi connectivity index (χ2n) is 3.82. The van der Waals surface area contributed by atoms with E-state index in [0.29, 0.717) is 11.2 Å². The fourth-order valence-corrected chi connectivity index (χ4v) is 1.81. The van der Waals surface area contributed by atoms with Gasteiger partial charge in [-0.15, -0.1) is 11.6 Å². The molecule has 3 amide bonds. The van der Waals surface area contributed by atoms with E-state index in [2.05, 4.69) is 15.6 Å². The van der Waals surface area contributed by atoms with Crippen LogP contribution in [-0.2, 0) is 4.79 Å². The third-order valence-corrected chi connectivity index (χ3v) is 2.64. The molecule has 0 bridgehead atoms. The molecule has 19 heavy (non-hydrogen) atoms. The van der Waals surface area contributed by atoms with Crippen LogP contribution in [0.25, 0.3) is 10.9 Å². The van der Waals surface area contributed by atoms with Crippen molar-refractivity contribution in [3.05, 3.63) is 36.5 Å². The standard InChI is InChI=1S/C13H12ClN3O2/c14-7-6-11(18)17-13(19)16-10-5-1-3-9-4-2-8-15-12(9)10/h1-5,8H,6-7H2,(H2,16,17,18,19). The summed E-state index contributed by atoms with van der Waals surface area (Å²) in [5.41, 5.74) is 1.22. The van der Waals surface area contributed by atoms with Crippen LogP contribution in [0.2, 0.25) is 0 Å². The van der Waals surface area contributed by atoms with Crippen molar-refractivity contribution in [2.75, 3.05) is 11.2 Å². The van der Waals surface area contributed by atoms with Crippen molar-refractivity contribution in [2.24, 2.45) is 0 Å². The molecule has 0 aliphatic heterocycles. The van der Waals surface area contributed by atoms with Gasteiger partial charge in [-0.1, -0.05) is 18.2 Å². The molecule has 0 radical (unpaired) electrons. The predicted molar refractivity (Wildman–Crippen MR) is 74.2 cm³/mol. The number of hydrogen-bond acceptors (Lipinski definition) is 3. The SMILES string of the molecule is O=C(CCCl)NC(=O)Nc1cccc2cccnc12.